The van der Waals surface area contributed by atoms with Crippen LogP contribution in [0.5, 0.6) is 0 Å². The molecule has 0 heterocycles. The van der Waals surface area contributed by atoms with Crippen LogP contribution in [0.3, 0.4) is 0 Å². The van der Waals surface area contributed by atoms with Gasteiger partial charge in [-0.25, -0.2) is 0 Å². The quantitative estimate of drug-likeness (QED) is 0.467. The second-order valence-corrected chi connectivity index (χ2v) is 8.74. The van der Waals surface area contributed by atoms with Crippen LogP contribution < -0.4 is 0 Å². The summed E-state index contributed by atoms with van der Waals surface area (Å²) in [4.78, 5) is 14.0. The molecule has 0 N–H and O–H groups in total. The van der Waals surface area contributed by atoms with Crippen LogP contribution in [-0.4, -0.2) is 5.78 Å². The molecular weight excluding hydrogens is 352 g/mol. The molecule has 29 heavy (non-hydrogen) atoms. The Morgan fingerprint density at radius 1 is 0.759 bits per heavy atom. The highest BCUT2D eigenvalue weighted by molar-refractivity contribution is 6.08. The van der Waals surface area contributed by atoms with E-state index in [0.29, 0.717) is 11.7 Å². The van der Waals surface area contributed by atoms with Crippen molar-refractivity contribution in [3.05, 3.63) is 113 Å². The maximum atomic E-state index is 14.0. The summed E-state index contributed by atoms with van der Waals surface area (Å²) in [6.07, 6.45) is 3.97. The minimum atomic E-state index is -0.305. The van der Waals surface area contributed by atoms with Gasteiger partial charge >= 0.3 is 0 Å². The standard InChI is InChI=1S/C28H26O/c1-20-17-24(18-21-11-5-2-6-12-21)27(29)28(19-20)25(22-13-7-3-8-14-22)26(28)23-15-9-4-10-16-23/h2-16,18,20,25-26H,17,19H2,1H3/b24-18-/t20?,25-,26+,28?. The highest BCUT2D eigenvalue weighted by Gasteiger charge is 2.70. The van der Waals surface area contributed by atoms with Crippen molar-refractivity contribution >= 4 is 11.9 Å². The molecule has 0 aliphatic heterocycles. The normalized spacial score (nSPS) is 29.9. The molecule has 0 amide bonds. The van der Waals surface area contributed by atoms with Gasteiger partial charge in [0.1, 0.15) is 0 Å². The molecule has 2 aliphatic rings. The molecule has 1 spiro atoms. The second kappa shape index (κ2) is 7.15. The van der Waals surface area contributed by atoms with Crippen LogP contribution in [-0.2, 0) is 4.79 Å². The van der Waals surface area contributed by atoms with E-state index in [2.05, 4.69) is 85.8 Å². The fourth-order valence-corrected chi connectivity index (χ4v) is 5.66. The molecule has 2 fully saturated rings. The third-order valence-electron chi connectivity index (χ3n) is 6.76. The summed E-state index contributed by atoms with van der Waals surface area (Å²) >= 11 is 0. The molecule has 0 bridgehead atoms. The smallest absolute Gasteiger partial charge is 0.166 e. The van der Waals surface area contributed by atoms with Gasteiger partial charge in [-0.05, 0) is 47.1 Å². The number of carbonyl (C=O) groups excluding carboxylic acids is 1. The van der Waals surface area contributed by atoms with E-state index in [1.807, 2.05) is 18.2 Å². The number of rotatable bonds is 3. The first kappa shape index (κ1) is 18.1. The predicted octanol–water partition coefficient (Wildman–Crippen LogP) is 6.64. The van der Waals surface area contributed by atoms with E-state index in [0.717, 1.165) is 24.0 Å². The van der Waals surface area contributed by atoms with Crippen LogP contribution in [0.15, 0.2) is 96.6 Å². The topological polar surface area (TPSA) is 17.1 Å². The first-order valence-electron chi connectivity index (χ1n) is 10.6. The minimum Gasteiger partial charge on any atom is -0.294 e. The lowest BCUT2D eigenvalue weighted by atomic mass is 9.72. The molecule has 2 aliphatic carbocycles. The van der Waals surface area contributed by atoms with E-state index in [9.17, 15) is 4.79 Å². The van der Waals surface area contributed by atoms with E-state index in [4.69, 9.17) is 0 Å². The number of hydrogen-bond donors (Lipinski definition) is 0. The number of allylic oxidation sites excluding steroid dienone is 1. The van der Waals surface area contributed by atoms with E-state index < -0.39 is 0 Å². The van der Waals surface area contributed by atoms with Crippen molar-refractivity contribution in [2.24, 2.45) is 11.3 Å². The van der Waals surface area contributed by atoms with Gasteiger partial charge in [-0.1, -0.05) is 97.9 Å². The SMILES string of the molecule is CC1C/C(=C/c2ccccc2)C(=O)C2(C1)[C@H](c1ccccc1)[C@@H]2c1ccccc1. The van der Waals surface area contributed by atoms with E-state index >= 15 is 0 Å². The van der Waals surface area contributed by atoms with E-state index in [1.165, 1.54) is 11.1 Å². The number of carbonyl (C=O) groups is 1. The molecule has 0 aromatic heterocycles. The Morgan fingerprint density at radius 3 is 1.76 bits per heavy atom. The van der Waals surface area contributed by atoms with Gasteiger partial charge in [0.05, 0.1) is 0 Å². The summed E-state index contributed by atoms with van der Waals surface area (Å²) in [6.45, 7) is 2.30. The van der Waals surface area contributed by atoms with Crippen molar-refractivity contribution in [2.75, 3.05) is 0 Å². The van der Waals surface area contributed by atoms with Crippen LogP contribution >= 0.6 is 0 Å². The van der Waals surface area contributed by atoms with Crippen LogP contribution in [0.25, 0.3) is 6.08 Å². The Balaban J connectivity index is 1.60. The molecule has 5 rings (SSSR count). The summed E-state index contributed by atoms with van der Waals surface area (Å²) in [5.41, 5.74) is 4.40. The molecule has 3 aromatic rings. The third kappa shape index (κ3) is 3.06. The summed E-state index contributed by atoms with van der Waals surface area (Å²) in [7, 11) is 0. The van der Waals surface area contributed by atoms with Crippen molar-refractivity contribution in [1.82, 2.24) is 0 Å². The lowest BCUT2D eigenvalue weighted by Crippen LogP contribution is -2.30. The Bertz CT molecular complexity index is 988. The lowest BCUT2D eigenvalue weighted by Gasteiger charge is -2.30. The summed E-state index contributed by atoms with van der Waals surface area (Å²) < 4.78 is 0. The summed E-state index contributed by atoms with van der Waals surface area (Å²) in [5, 5.41) is 0. The molecule has 0 radical (unpaired) electrons. The van der Waals surface area contributed by atoms with Crippen molar-refractivity contribution in [2.45, 2.75) is 31.6 Å². The Hall–Kier alpha value is -2.93. The summed E-state index contributed by atoms with van der Waals surface area (Å²) in [6, 6.07) is 31.6. The zero-order valence-corrected chi connectivity index (χ0v) is 16.8. The highest BCUT2D eigenvalue weighted by Crippen LogP contribution is 2.75. The molecule has 144 valence electrons. The van der Waals surface area contributed by atoms with Gasteiger partial charge in [-0.3, -0.25) is 4.79 Å². The molecule has 1 nitrogen and oxygen atoms in total. The zero-order chi connectivity index (χ0) is 19.8. The molecule has 4 atom stereocenters. The predicted molar refractivity (Wildman–Crippen MR) is 119 cm³/mol. The van der Waals surface area contributed by atoms with E-state index in [1.54, 1.807) is 0 Å². The average molecular weight is 379 g/mol. The largest absolute Gasteiger partial charge is 0.294 e. The van der Waals surface area contributed by atoms with Crippen LogP contribution in [0.2, 0.25) is 0 Å². The number of Topliss-reactive ketones (excluding diaryl/α,β-unsaturated/α-hetero) is 1. The maximum absolute atomic E-state index is 14.0. The monoisotopic (exact) mass is 378 g/mol. The van der Waals surface area contributed by atoms with Crippen LogP contribution in [0.1, 0.15) is 48.3 Å². The number of ketones is 1. The van der Waals surface area contributed by atoms with Crippen molar-refractivity contribution in [3.63, 3.8) is 0 Å². The van der Waals surface area contributed by atoms with Gasteiger partial charge in [0.25, 0.3) is 0 Å². The molecule has 3 aromatic carbocycles. The van der Waals surface area contributed by atoms with Gasteiger partial charge < -0.3 is 0 Å². The Morgan fingerprint density at radius 2 is 1.24 bits per heavy atom. The number of benzene rings is 3. The van der Waals surface area contributed by atoms with Crippen molar-refractivity contribution in [3.8, 4) is 0 Å². The Labute approximate surface area is 173 Å². The van der Waals surface area contributed by atoms with Crippen molar-refractivity contribution in [1.29, 1.82) is 0 Å². The molecule has 2 saturated carbocycles. The average Bonchev–Trinajstić information content (AvgIpc) is 3.42. The maximum Gasteiger partial charge on any atom is 0.166 e. The molecule has 2 unspecified atom stereocenters. The van der Waals surface area contributed by atoms with E-state index in [-0.39, 0.29) is 17.3 Å². The molecular formula is C28H26O. The second-order valence-electron chi connectivity index (χ2n) is 8.74. The fraction of sp³-hybridized carbons (Fsp3) is 0.250. The van der Waals surface area contributed by atoms with Crippen LogP contribution in [0.4, 0.5) is 0 Å². The highest BCUT2D eigenvalue weighted by atomic mass is 16.1. The van der Waals surface area contributed by atoms with Gasteiger partial charge in [0.15, 0.2) is 5.78 Å². The first-order valence-corrected chi connectivity index (χ1v) is 10.6. The lowest BCUT2D eigenvalue weighted by molar-refractivity contribution is -0.122. The molecule has 1 heteroatoms. The zero-order valence-electron chi connectivity index (χ0n) is 16.8. The van der Waals surface area contributed by atoms with Gasteiger partial charge in [-0.2, -0.15) is 0 Å². The third-order valence-corrected chi connectivity index (χ3v) is 6.76. The summed E-state index contributed by atoms with van der Waals surface area (Å²) in [5.74, 6) is 1.39. The van der Waals surface area contributed by atoms with Crippen molar-refractivity contribution < 1.29 is 4.79 Å². The minimum absolute atomic E-state index is 0.264. The first-order chi connectivity index (χ1) is 14.2. The van der Waals surface area contributed by atoms with Gasteiger partial charge in [0.2, 0.25) is 0 Å². The van der Waals surface area contributed by atoms with Crippen LogP contribution in [0, 0.1) is 11.3 Å². The van der Waals surface area contributed by atoms with Gasteiger partial charge in [-0.15, -0.1) is 0 Å². The fourth-order valence-electron chi connectivity index (χ4n) is 5.66. The number of hydrogen-bond acceptors (Lipinski definition) is 1. The molecule has 0 saturated heterocycles. The van der Waals surface area contributed by atoms with Gasteiger partial charge in [0, 0.05) is 17.3 Å². The Kier molecular flexibility index (Phi) is 4.47.